The molecule has 1 aromatic heterocycles. The first kappa shape index (κ1) is 23.4. The largest absolute Gasteiger partial charge is 0.450 e. The summed E-state index contributed by atoms with van der Waals surface area (Å²) in [7, 11) is -0.805. The monoisotopic (exact) mass is 476 g/mol. The van der Waals surface area contributed by atoms with E-state index in [9.17, 15) is 18.0 Å². The molecule has 8 heteroatoms. The molecule has 0 spiro atoms. The molecule has 0 aliphatic carbocycles. The number of sulfonamides is 1. The molecule has 0 saturated heterocycles. The van der Waals surface area contributed by atoms with Gasteiger partial charge in [0.25, 0.3) is 0 Å². The molecular formula is C26H24N2O5S. The van der Waals surface area contributed by atoms with Crippen molar-refractivity contribution in [2.24, 2.45) is 0 Å². The van der Waals surface area contributed by atoms with Crippen LogP contribution in [0.15, 0.2) is 82.1 Å². The van der Waals surface area contributed by atoms with Crippen molar-refractivity contribution < 1.29 is 22.4 Å². The minimum Gasteiger partial charge on any atom is -0.450 e. The fourth-order valence-electron chi connectivity index (χ4n) is 3.53. The van der Waals surface area contributed by atoms with Crippen molar-refractivity contribution >= 4 is 38.2 Å². The number of rotatable bonds is 8. The molecule has 1 heterocycles. The number of aryl methyl sites for hydroxylation is 1. The Morgan fingerprint density at radius 1 is 0.912 bits per heavy atom. The van der Waals surface area contributed by atoms with Gasteiger partial charge in [-0.3, -0.25) is 9.59 Å². The van der Waals surface area contributed by atoms with Crippen LogP contribution in [0.2, 0.25) is 0 Å². The Balaban J connectivity index is 1.64. The number of ketones is 2. The average molecular weight is 477 g/mol. The molecule has 0 bridgehead atoms. The molecule has 0 unspecified atom stereocenters. The number of nitrogens with one attached hydrogen (secondary N) is 1. The molecule has 3 aromatic carbocycles. The molecule has 4 rings (SSSR count). The molecule has 4 aromatic rings. The molecule has 174 valence electrons. The van der Waals surface area contributed by atoms with Gasteiger partial charge < -0.3 is 9.73 Å². The maximum atomic E-state index is 13.2. The number of furan rings is 1. The average Bonchev–Trinajstić information content (AvgIpc) is 3.21. The molecule has 0 amide bonds. The summed E-state index contributed by atoms with van der Waals surface area (Å²) in [5.74, 6) is -0.512. The van der Waals surface area contributed by atoms with E-state index in [4.69, 9.17) is 4.42 Å². The van der Waals surface area contributed by atoms with E-state index in [-0.39, 0.29) is 34.3 Å². The Hall–Kier alpha value is -3.75. The molecule has 0 fully saturated rings. The lowest BCUT2D eigenvalue weighted by Gasteiger charge is -2.12. The zero-order valence-electron chi connectivity index (χ0n) is 19.0. The molecule has 0 saturated carbocycles. The molecule has 0 aliphatic rings. The van der Waals surface area contributed by atoms with Crippen molar-refractivity contribution in [2.75, 3.05) is 26.0 Å². The summed E-state index contributed by atoms with van der Waals surface area (Å²) < 4.78 is 31.8. The van der Waals surface area contributed by atoms with Gasteiger partial charge in [-0.2, -0.15) is 0 Å². The molecule has 0 radical (unpaired) electrons. The van der Waals surface area contributed by atoms with Crippen molar-refractivity contribution in [1.29, 1.82) is 0 Å². The summed E-state index contributed by atoms with van der Waals surface area (Å²) in [6.45, 7) is 1.79. The van der Waals surface area contributed by atoms with Crippen LogP contribution in [0.25, 0.3) is 11.0 Å². The van der Waals surface area contributed by atoms with Gasteiger partial charge in [0.15, 0.2) is 11.5 Å². The van der Waals surface area contributed by atoms with E-state index in [0.717, 1.165) is 9.87 Å². The van der Waals surface area contributed by atoms with Gasteiger partial charge in [-0.1, -0.05) is 54.1 Å². The van der Waals surface area contributed by atoms with Crippen molar-refractivity contribution in [3.63, 3.8) is 0 Å². The van der Waals surface area contributed by atoms with E-state index >= 15 is 0 Å². The second kappa shape index (κ2) is 9.24. The van der Waals surface area contributed by atoms with E-state index in [0.29, 0.717) is 22.2 Å². The molecule has 7 nitrogen and oxygen atoms in total. The van der Waals surface area contributed by atoms with Gasteiger partial charge in [-0.05, 0) is 31.2 Å². The summed E-state index contributed by atoms with van der Waals surface area (Å²) in [6.07, 6.45) is 0. The smallest absolute Gasteiger partial charge is 0.242 e. The van der Waals surface area contributed by atoms with Gasteiger partial charge in [0.05, 0.1) is 17.1 Å². The number of carbonyl (C=O) groups excluding carboxylic acids is 2. The third kappa shape index (κ3) is 4.50. The molecule has 0 aliphatic heterocycles. The predicted octanol–water partition coefficient (Wildman–Crippen LogP) is 4.52. The summed E-state index contributed by atoms with van der Waals surface area (Å²) >= 11 is 0. The van der Waals surface area contributed by atoms with Crippen LogP contribution in [0.3, 0.4) is 0 Å². The number of hydrogen-bond acceptors (Lipinski definition) is 6. The van der Waals surface area contributed by atoms with Gasteiger partial charge in [0.2, 0.25) is 15.8 Å². The van der Waals surface area contributed by atoms with Gasteiger partial charge >= 0.3 is 0 Å². The first-order valence-electron chi connectivity index (χ1n) is 10.6. The van der Waals surface area contributed by atoms with Crippen LogP contribution < -0.4 is 5.32 Å². The van der Waals surface area contributed by atoms with Crippen molar-refractivity contribution in [3.8, 4) is 0 Å². The fraction of sp³-hybridized carbons (Fsp3) is 0.154. The molecule has 1 N–H and O–H groups in total. The number of anilines is 1. The second-order valence-electron chi connectivity index (χ2n) is 8.09. The summed E-state index contributed by atoms with van der Waals surface area (Å²) in [4.78, 5) is 26.2. The number of hydrogen-bond donors (Lipinski definition) is 1. The highest BCUT2D eigenvalue weighted by Gasteiger charge is 2.23. The van der Waals surface area contributed by atoms with E-state index in [1.807, 2.05) is 31.2 Å². The summed E-state index contributed by atoms with van der Waals surface area (Å²) in [5.41, 5.74) is 2.69. The van der Waals surface area contributed by atoms with E-state index in [2.05, 4.69) is 5.32 Å². The number of fused-ring (bicyclic) bond motifs is 1. The number of Topliss-reactive ketones (excluding diaryl/α,β-unsaturated/α-hetero) is 1. The van der Waals surface area contributed by atoms with E-state index < -0.39 is 10.0 Å². The maximum Gasteiger partial charge on any atom is 0.242 e. The normalized spacial score (nSPS) is 11.6. The van der Waals surface area contributed by atoms with Crippen LogP contribution in [-0.2, 0) is 10.0 Å². The fourth-order valence-corrected chi connectivity index (χ4v) is 4.48. The Labute approximate surface area is 198 Å². The van der Waals surface area contributed by atoms with Gasteiger partial charge in [-0.25, -0.2) is 12.7 Å². The zero-order valence-corrected chi connectivity index (χ0v) is 19.8. The lowest BCUT2D eigenvalue weighted by atomic mass is 10.1. The highest BCUT2D eigenvalue weighted by Crippen LogP contribution is 2.32. The first-order valence-corrected chi connectivity index (χ1v) is 12.0. The molecular weight excluding hydrogens is 452 g/mol. The van der Waals surface area contributed by atoms with Crippen LogP contribution in [0.1, 0.15) is 32.0 Å². The Kier molecular flexibility index (Phi) is 6.37. The van der Waals surface area contributed by atoms with Gasteiger partial charge in [0.1, 0.15) is 5.58 Å². The van der Waals surface area contributed by atoms with Crippen LogP contribution in [0, 0.1) is 6.92 Å². The number of nitrogens with zero attached hydrogens (tertiary/aromatic N) is 1. The van der Waals surface area contributed by atoms with Crippen molar-refractivity contribution in [1.82, 2.24) is 4.31 Å². The van der Waals surface area contributed by atoms with E-state index in [1.165, 1.54) is 32.3 Å². The number of para-hydroxylation sites is 1. The SMILES string of the molecule is Cc1ccc(C(=O)c2oc3ccccc3c2NCC(=O)c2cccc(S(=O)(=O)N(C)C)c2)cc1. The predicted molar refractivity (Wildman–Crippen MR) is 131 cm³/mol. The highest BCUT2D eigenvalue weighted by molar-refractivity contribution is 7.89. The third-order valence-corrected chi connectivity index (χ3v) is 7.29. The van der Waals surface area contributed by atoms with Crippen LogP contribution >= 0.6 is 0 Å². The van der Waals surface area contributed by atoms with Crippen molar-refractivity contribution in [3.05, 3.63) is 95.2 Å². The number of benzene rings is 3. The van der Waals surface area contributed by atoms with Gasteiger partial charge in [0, 0.05) is 30.6 Å². The Bertz CT molecular complexity index is 1490. The zero-order chi connectivity index (χ0) is 24.5. The lowest BCUT2D eigenvalue weighted by molar-refractivity contribution is 0.0997. The molecule has 34 heavy (non-hydrogen) atoms. The minimum atomic E-state index is -3.67. The van der Waals surface area contributed by atoms with Crippen LogP contribution in [0.5, 0.6) is 0 Å². The summed E-state index contributed by atoms with van der Waals surface area (Å²) in [5, 5.41) is 3.73. The van der Waals surface area contributed by atoms with E-state index in [1.54, 1.807) is 30.3 Å². The highest BCUT2D eigenvalue weighted by atomic mass is 32.2. The Morgan fingerprint density at radius 2 is 1.62 bits per heavy atom. The first-order chi connectivity index (χ1) is 16.2. The topological polar surface area (TPSA) is 96.7 Å². The van der Waals surface area contributed by atoms with Crippen LogP contribution in [0.4, 0.5) is 5.69 Å². The van der Waals surface area contributed by atoms with Crippen molar-refractivity contribution in [2.45, 2.75) is 11.8 Å². The third-order valence-electron chi connectivity index (χ3n) is 5.48. The summed E-state index contributed by atoms with van der Waals surface area (Å²) in [6, 6.07) is 20.2. The van der Waals surface area contributed by atoms with Gasteiger partial charge in [-0.15, -0.1) is 0 Å². The standard InChI is InChI=1S/C26H24N2O5S/c1-17-11-13-18(14-12-17)25(30)26-24(21-9-4-5-10-23(21)33-26)27-16-22(29)19-7-6-8-20(15-19)34(31,32)28(2)3/h4-15,27H,16H2,1-3H3. The quantitative estimate of drug-likeness (QED) is 0.376. The minimum absolute atomic E-state index is 0.0346. The number of carbonyl (C=O) groups is 2. The Morgan fingerprint density at radius 3 is 2.32 bits per heavy atom. The second-order valence-corrected chi connectivity index (χ2v) is 10.2. The lowest BCUT2D eigenvalue weighted by Crippen LogP contribution is -2.23. The van der Waals surface area contributed by atoms with Crippen LogP contribution in [-0.4, -0.2) is 44.9 Å². The molecule has 0 atom stereocenters. The maximum absolute atomic E-state index is 13.2.